The van der Waals surface area contributed by atoms with Gasteiger partial charge in [-0.2, -0.15) is 0 Å². The van der Waals surface area contributed by atoms with Gasteiger partial charge in [0, 0.05) is 44.0 Å². The first-order valence-corrected chi connectivity index (χ1v) is 10.6. The third kappa shape index (κ3) is 5.76. The second-order valence-electron chi connectivity index (χ2n) is 7.36. The van der Waals surface area contributed by atoms with Gasteiger partial charge in [0.05, 0.1) is 19.3 Å². The van der Waals surface area contributed by atoms with Crippen LogP contribution < -0.4 is 9.64 Å². The lowest BCUT2D eigenvalue weighted by Crippen LogP contribution is -2.51. The highest BCUT2D eigenvalue weighted by Crippen LogP contribution is 2.22. The second kappa shape index (κ2) is 10.8. The molecule has 7 nitrogen and oxygen atoms in total. The van der Waals surface area contributed by atoms with Gasteiger partial charge in [-0.25, -0.2) is 4.79 Å². The maximum absolute atomic E-state index is 12.8. The lowest BCUT2D eigenvalue weighted by atomic mass is 10.1. The van der Waals surface area contributed by atoms with Crippen molar-refractivity contribution in [2.24, 2.45) is 0 Å². The van der Waals surface area contributed by atoms with E-state index >= 15 is 0 Å². The van der Waals surface area contributed by atoms with Crippen molar-refractivity contribution in [2.45, 2.75) is 26.6 Å². The van der Waals surface area contributed by atoms with Crippen molar-refractivity contribution in [2.75, 3.05) is 44.8 Å². The molecule has 31 heavy (non-hydrogen) atoms. The summed E-state index contributed by atoms with van der Waals surface area (Å²) in [4.78, 5) is 29.4. The highest BCUT2D eigenvalue weighted by Gasteiger charge is 2.27. The number of nitrogens with zero attached hydrogens (tertiary/aromatic N) is 2. The molecule has 2 aromatic carbocycles. The fourth-order valence-electron chi connectivity index (χ4n) is 3.59. The summed E-state index contributed by atoms with van der Waals surface area (Å²) < 4.78 is 16.2. The Morgan fingerprint density at radius 1 is 1.03 bits per heavy atom. The molecule has 1 atom stereocenters. The molecule has 166 valence electrons. The number of amides is 1. The Morgan fingerprint density at radius 2 is 1.74 bits per heavy atom. The van der Waals surface area contributed by atoms with Crippen LogP contribution in [0, 0.1) is 0 Å². The zero-order chi connectivity index (χ0) is 22.2. The van der Waals surface area contributed by atoms with E-state index in [2.05, 4.69) is 17.0 Å². The molecular weight excluding hydrogens is 396 g/mol. The lowest BCUT2D eigenvalue weighted by molar-refractivity contribution is -0.140. The average molecular weight is 427 g/mol. The molecule has 0 aliphatic carbocycles. The standard InChI is InChI=1S/C24H30N2O5/c1-4-30-17-20-16-19(10-11-22(20)29-3)24(28)31-18(2)23(27)26-14-12-25(13-15-26)21-8-6-5-7-9-21/h5-11,16,18H,4,12-15,17H2,1-3H3/t18-/m0/s1. The van der Waals surface area contributed by atoms with Crippen LogP contribution in [0.2, 0.25) is 0 Å². The Hall–Kier alpha value is -3.06. The van der Waals surface area contributed by atoms with Crippen LogP contribution in [0.25, 0.3) is 0 Å². The van der Waals surface area contributed by atoms with Gasteiger partial charge in [0.15, 0.2) is 6.10 Å². The van der Waals surface area contributed by atoms with Crippen molar-refractivity contribution in [3.8, 4) is 5.75 Å². The van der Waals surface area contributed by atoms with Gasteiger partial charge in [0.25, 0.3) is 5.91 Å². The molecule has 0 bridgehead atoms. The first-order valence-electron chi connectivity index (χ1n) is 10.6. The Bertz CT molecular complexity index is 879. The molecule has 0 saturated carbocycles. The topological polar surface area (TPSA) is 68.3 Å². The van der Waals surface area contributed by atoms with Crippen molar-refractivity contribution >= 4 is 17.6 Å². The zero-order valence-corrected chi connectivity index (χ0v) is 18.4. The average Bonchev–Trinajstić information content (AvgIpc) is 2.82. The van der Waals surface area contributed by atoms with E-state index in [9.17, 15) is 9.59 Å². The Kier molecular flexibility index (Phi) is 7.89. The number of hydrogen-bond donors (Lipinski definition) is 0. The fourth-order valence-corrected chi connectivity index (χ4v) is 3.59. The smallest absolute Gasteiger partial charge is 0.338 e. The summed E-state index contributed by atoms with van der Waals surface area (Å²) in [7, 11) is 1.57. The van der Waals surface area contributed by atoms with Gasteiger partial charge in [0.1, 0.15) is 5.75 Å². The molecular formula is C24H30N2O5. The number of methoxy groups -OCH3 is 1. The molecule has 1 fully saturated rings. The van der Waals surface area contributed by atoms with Gasteiger partial charge in [-0.15, -0.1) is 0 Å². The van der Waals surface area contributed by atoms with E-state index in [4.69, 9.17) is 14.2 Å². The first-order chi connectivity index (χ1) is 15.0. The largest absolute Gasteiger partial charge is 0.496 e. The molecule has 2 aromatic rings. The molecule has 1 heterocycles. The number of esters is 1. The minimum absolute atomic E-state index is 0.177. The van der Waals surface area contributed by atoms with E-state index < -0.39 is 12.1 Å². The van der Waals surface area contributed by atoms with Gasteiger partial charge < -0.3 is 24.0 Å². The fraction of sp³-hybridized carbons (Fsp3) is 0.417. The monoisotopic (exact) mass is 426 g/mol. The number of benzene rings is 2. The van der Waals surface area contributed by atoms with Gasteiger partial charge in [-0.05, 0) is 44.2 Å². The maximum Gasteiger partial charge on any atom is 0.338 e. The second-order valence-corrected chi connectivity index (χ2v) is 7.36. The van der Waals surface area contributed by atoms with Crippen LogP contribution in [0.5, 0.6) is 5.75 Å². The van der Waals surface area contributed by atoms with Crippen molar-refractivity contribution in [1.82, 2.24) is 4.90 Å². The highest BCUT2D eigenvalue weighted by atomic mass is 16.5. The first kappa shape index (κ1) is 22.6. The third-order valence-electron chi connectivity index (χ3n) is 5.32. The van der Waals surface area contributed by atoms with Gasteiger partial charge >= 0.3 is 5.97 Å². The molecule has 1 aliphatic heterocycles. The number of para-hydroxylation sites is 1. The number of carbonyl (C=O) groups excluding carboxylic acids is 2. The SMILES string of the molecule is CCOCc1cc(C(=O)O[C@@H](C)C(=O)N2CCN(c3ccccc3)CC2)ccc1OC. The normalized spacial score (nSPS) is 14.8. The number of anilines is 1. The van der Waals surface area contributed by atoms with E-state index in [0.29, 0.717) is 37.6 Å². The van der Waals surface area contributed by atoms with E-state index in [1.165, 1.54) is 0 Å². The molecule has 1 aliphatic rings. The Labute approximate surface area is 183 Å². The van der Waals surface area contributed by atoms with Gasteiger partial charge in [-0.3, -0.25) is 4.79 Å². The molecule has 0 unspecified atom stereocenters. The minimum atomic E-state index is -0.854. The third-order valence-corrected chi connectivity index (χ3v) is 5.32. The molecule has 3 rings (SSSR count). The zero-order valence-electron chi connectivity index (χ0n) is 18.4. The molecule has 1 saturated heterocycles. The molecule has 0 aromatic heterocycles. The van der Waals surface area contributed by atoms with Crippen molar-refractivity contribution in [1.29, 1.82) is 0 Å². The summed E-state index contributed by atoms with van der Waals surface area (Å²) in [5, 5.41) is 0. The summed E-state index contributed by atoms with van der Waals surface area (Å²) in [6, 6.07) is 15.2. The maximum atomic E-state index is 12.8. The predicted molar refractivity (Wildman–Crippen MR) is 118 cm³/mol. The van der Waals surface area contributed by atoms with Crippen LogP contribution >= 0.6 is 0 Å². The Balaban J connectivity index is 1.56. The van der Waals surface area contributed by atoms with Crippen LogP contribution in [-0.2, 0) is 20.9 Å². The highest BCUT2D eigenvalue weighted by molar-refractivity contribution is 5.92. The van der Waals surface area contributed by atoms with Crippen LogP contribution in [-0.4, -0.2) is 62.8 Å². The molecule has 1 amide bonds. The lowest BCUT2D eigenvalue weighted by Gasteiger charge is -2.37. The predicted octanol–water partition coefficient (Wildman–Crippen LogP) is 3.13. The van der Waals surface area contributed by atoms with Crippen LogP contribution in [0.1, 0.15) is 29.8 Å². The van der Waals surface area contributed by atoms with E-state index in [1.54, 1.807) is 37.1 Å². The van der Waals surface area contributed by atoms with E-state index in [1.807, 2.05) is 25.1 Å². The molecule has 0 radical (unpaired) electrons. The quantitative estimate of drug-likeness (QED) is 0.604. The minimum Gasteiger partial charge on any atom is -0.496 e. The van der Waals surface area contributed by atoms with Crippen LogP contribution in [0.3, 0.4) is 0 Å². The van der Waals surface area contributed by atoms with E-state index in [0.717, 1.165) is 24.3 Å². The van der Waals surface area contributed by atoms with Crippen LogP contribution in [0.15, 0.2) is 48.5 Å². The summed E-state index contributed by atoms with van der Waals surface area (Å²) in [6.45, 7) is 7.09. The van der Waals surface area contributed by atoms with Crippen molar-refractivity contribution in [3.63, 3.8) is 0 Å². The van der Waals surface area contributed by atoms with Crippen molar-refractivity contribution in [3.05, 3.63) is 59.7 Å². The van der Waals surface area contributed by atoms with E-state index in [-0.39, 0.29) is 5.91 Å². The van der Waals surface area contributed by atoms with Crippen molar-refractivity contribution < 1.29 is 23.8 Å². The Morgan fingerprint density at radius 3 is 2.39 bits per heavy atom. The summed E-state index contributed by atoms with van der Waals surface area (Å²) in [6.07, 6.45) is -0.854. The number of hydrogen-bond acceptors (Lipinski definition) is 6. The summed E-state index contributed by atoms with van der Waals surface area (Å²) >= 11 is 0. The molecule has 0 spiro atoms. The number of piperazine rings is 1. The number of carbonyl (C=O) groups is 2. The van der Waals surface area contributed by atoms with Crippen LogP contribution in [0.4, 0.5) is 5.69 Å². The van der Waals surface area contributed by atoms with Gasteiger partial charge in [0.2, 0.25) is 0 Å². The van der Waals surface area contributed by atoms with Gasteiger partial charge in [-0.1, -0.05) is 18.2 Å². The molecule has 7 heteroatoms. The summed E-state index contributed by atoms with van der Waals surface area (Å²) in [5.74, 6) is -0.0706. The number of rotatable bonds is 8. The number of ether oxygens (including phenoxy) is 3. The summed E-state index contributed by atoms with van der Waals surface area (Å²) in [5.41, 5.74) is 2.27. The molecule has 0 N–H and O–H groups in total.